The van der Waals surface area contributed by atoms with Gasteiger partial charge < -0.3 is 0 Å². The van der Waals surface area contributed by atoms with E-state index in [1.807, 2.05) is 0 Å². The molecule has 8 heteroatoms. The summed E-state index contributed by atoms with van der Waals surface area (Å²) in [5.41, 5.74) is 0. The van der Waals surface area contributed by atoms with Crippen LogP contribution in [0.3, 0.4) is 0 Å². The molecule has 0 aromatic carbocycles. The molecule has 0 bridgehead atoms. The van der Waals surface area contributed by atoms with E-state index >= 15 is 0 Å². The van der Waals surface area contributed by atoms with Crippen LogP contribution in [0.25, 0.3) is 0 Å². The first-order valence-electron chi connectivity index (χ1n) is 0. The maximum atomic E-state index is 0. The Morgan fingerprint density at radius 3 is 0.250 bits per heavy atom. The van der Waals surface area contributed by atoms with Crippen molar-refractivity contribution in [3.63, 3.8) is 0 Å². The number of hydrogen-bond acceptors (Lipinski definition) is 0. The van der Waals surface area contributed by atoms with E-state index in [0.29, 0.717) is 0 Å². The summed E-state index contributed by atoms with van der Waals surface area (Å²) in [7, 11) is 0. The van der Waals surface area contributed by atoms with Crippen LogP contribution in [-0.4, -0.2) is 241 Å². The zero-order chi connectivity index (χ0) is 0. The summed E-state index contributed by atoms with van der Waals surface area (Å²) in [6, 6.07) is 0. The van der Waals surface area contributed by atoms with Gasteiger partial charge in [0.15, 0.2) is 0 Å². The molecule has 0 aromatic rings. The average molecular weight is 430 g/mol. The Kier molecular flexibility index (Phi) is 325. The van der Waals surface area contributed by atoms with Crippen LogP contribution in [-0.2, 0) is 0 Å². The zero-order valence-corrected chi connectivity index (χ0v) is 14.6. The molecule has 0 atom stereocenters. The Morgan fingerprint density at radius 2 is 0.250 bits per heavy atom. The Bertz CT molecular complexity index is 7.64. The first kappa shape index (κ1) is 56.5. The first-order chi connectivity index (χ1) is 0. The van der Waals surface area contributed by atoms with Crippen LogP contribution < -0.4 is 0 Å². The van der Waals surface area contributed by atoms with Crippen LogP contribution in [0.5, 0.6) is 0 Å². The third-order valence-electron chi connectivity index (χ3n) is 0. The Hall–Kier alpha value is 7.93. The standard InChI is InChI=1S/5Ca.3GeH4/h;;;;;3*1H4. The van der Waals surface area contributed by atoms with Gasteiger partial charge in [0.1, 0.15) is 0 Å². The molecule has 0 aromatic heterocycles. The molecule has 0 saturated carbocycles. The van der Waals surface area contributed by atoms with Gasteiger partial charge in [-0.2, -0.15) is 0 Å². The number of hydrogen-bond donors (Lipinski definition) is 0. The third-order valence-corrected chi connectivity index (χ3v) is 0. The summed E-state index contributed by atoms with van der Waals surface area (Å²) in [6.07, 6.45) is 0. The van der Waals surface area contributed by atoms with Gasteiger partial charge in [0.05, 0.1) is 0 Å². The molecule has 0 fully saturated rings. The van der Waals surface area contributed by atoms with Crippen LogP contribution in [0.2, 0.25) is 0 Å². The minimum atomic E-state index is 0. The quantitative estimate of drug-likeness (QED) is 0.336. The van der Waals surface area contributed by atoms with Gasteiger partial charge in [-0.25, -0.2) is 0 Å². The molecule has 0 saturated heterocycles. The maximum absolute atomic E-state index is 0. The molecule has 10 radical (unpaired) electrons. The molecule has 0 nitrogen and oxygen atoms in total. The molecule has 0 N–H and O–H groups in total. The molecule has 0 aliphatic carbocycles. The third kappa shape index (κ3) is 37.0. The van der Waals surface area contributed by atoms with Gasteiger partial charge in [-0.15, -0.1) is 0 Å². The molecule has 0 aliphatic rings. The van der Waals surface area contributed by atoms with Crippen molar-refractivity contribution in [1.82, 2.24) is 0 Å². The van der Waals surface area contributed by atoms with Crippen LogP contribution in [0.4, 0.5) is 0 Å². The molecular weight excluding hydrogens is 418 g/mol. The first-order valence-corrected chi connectivity index (χ1v) is 0. The average Bonchev–Trinajstić information content (AvgIpc) is 0. The molecule has 8 heavy (non-hydrogen) atoms. The van der Waals surface area contributed by atoms with Gasteiger partial charge in [0.25, 0.3) is 0 Å². The molecule has 0 rings (SSSR count). The van der Waals surface area contributed by atoms with Crippen molar-refractivity contribution in [2.45, 2.75) is 0 Å². The fraction of sp³-hybridized carbons (Fsp3) is 0. The second-order valence-electron chi connectivity index (χ2n) is 0. The van der Waals surface area contributed by atoms with Gasteiger partial charge in [-0.1, -0.05) is 0 Å². The van der Waals surface area contributed by atoms with Crippen LogP contribution >= 0.6 is 0 Å². The Labute approximate surface area is 233 Å². The van der Waals surface area contributed by atoms with E-state index < -0.39 is 0 Å². The molecule has 0 unspecified atom stereocenters. The van der Waals surface area contributed by atoms with Crippen molar-refractivity contribution in [2.75, 3.05) is 0 Å². The van der Waals surface area contributed by atoms with Crippen molar-refractivity contribution in [3.05, 3.63) is 0 Å². The SMILES string of the molecule is [Ca].[Ca].[Ca].[Ca].[Ca].[GeH4].[GeH4].[GeH4]. The van der Waals surface area contributed by atoms with Crippen LogP contribution in [0.15, 0.2) is 0 Å². The Balaban J connectivity index is 0. The molecule has 0 spiro atoms. The van der Waals surface area contributed by atoms with E-state index in [4.69, 9.17) is 0 Å². The molecule has 0 aliphatic heterocycles. The Morgan fingerprint density at radius 1 is 0.250 bits per heavy atom. The summed E-state index contributed by atoms with van der Waals surface area (Å²) in [4.78, 5) is 0. The van der Waals surface area contributed by atoms with Gasteiger partial charge >= 0.3 is 52.8 Å². The van der Waals surface area contributed by atoms with Crippen molar-refractivity contribution < 1.29 is 0 Å². The van der Waals surface area contributed by atoms with Crippen molar-refractivity contribution in [3.8, 4) is 0 Å². The molecule has 34 valence electrons. The minimum absolute atomic E-state index is 0. The van der Waals surface area contributed by atoms with E-state index in [1.54, 1.807) is 0 Å². The van der Waals surface area contributed by atoms with Crippen LogP contribution in [0, 0.1) is 0 Å². The van der Waals surface area contributed by atoms with Gasteiger partial charge in [0, 0.05) is 189 Å². The normalized spacial score (nSPS) is 0. The van der Waals surface area contributed by atoms with Crippen molar-refractivity contribution in [1.29, 1.82) is 0 Å². The predicted octanol–water partition coefficient (Wildman–Crippen LogP) is -6.26. The van der Waals surface area contributed by atoms with Gasteiger partial charge in [-0.05, 0) is 0 Å². The van der Waals surface area contributed by atoms with E-state index in [0.717, 1.165) is 0 Å². The zero-order valence-electron chi connectivity index (χ0n) is 3.54. The summed E-state index contributed by atoms with van der Waals surface area (Å²) in [5, 5.41) is 0. The van der Waals surface area contributed by atoms with E-state index in [2.05, 4.69) is 0 Å². The summed E-state index contributed by atoms with van der Waals surface area (Å²) in [5.74, 6) is 0. The van der Waals surface area contributed by atoms with E-state index in [1.165, 1.54) is 0 Å². The molecule has 0 amide bonds. The number of rotatable bonds is 0. The van der Waals surface area contributed by atoms with Crippen molar-refractivity contribution in [2.24, 2.45) is 0 Å². The fourth-order valence-electron chi connectivity index (χ4n) is 0. The fourth-order valence-corrected chi connectivity index (χ4v) is 0. The monoisotopic (exact) mass is 434 g/mol. The second kappa shape index (κ2) is 46.1. The van der Waals surface area contributed by atoms with Crippen LogP contribution in [0.1, 0.15) is 0 Å². The summed E-state index contributed by atoms with van der Waals surface area (Å²) >= 11 is 0. The van der Waals surface area contributed by atoms with E-state index in [9.17, 15) is 0 Å². The van der Waals surface area contributed by atoms with E-state index in [-0.39, 0.29) is 241 Å². The summed E-state index contributed by atoms with van der Waals surface area (Å²) < 4.78 is 0. The second-order valence-corrected chi connectivity index (χ2v) is 0. The molecular formula is H12Ca5Ge3. The van der Waals surface area contributed by atoms with Gasteiger partial charge in [-0.3, -0.25) is 0 Å². The topological polar surface area (TPSA) is 0 Å². The van der Waals surface area contributed by atoms with Crippen molar-refractivity contribution >= 4 is 241 Å². The summed E-state index contributed by atoms with van der Waals surface area (Å²) in [6.45, 7) is 0. The molecule has 0 heterocycles. The predicted molar refractivity (Wildman–Crippen MR) is 62.8 cm³/mol. The van der Waals surface area contributed by atoms with Gasteiger partial charge in [0.2, 0.25) is 0 Å².